The summed E-state index contributed by atoms with van der Waals surface area (Å²) < 4.78 is 4.94. The van der Waals surface area contributed by atoms with Crippen LogP contribution in [0.4, 0.5) is 0 Å². The molecule has 58 valence electrons. The summed E-state index contributed by atoms with van der Waals surface area (Å²) in [6, 6.07) is 1.96. The van der Waals surface area contributed by atoms with Crippen molar-refractivity contribution in [2.45, 2.75) is 6.42 Å². The number of furan rings is 1. The summed E-state index contributed by atoms with van der Waals surface area (Å²) in [4.78, 5) is 4.27. The van der Waals surface area contributed by atoms with Gasteiger partial charge in [0.15, 0.2) is 0 Å². The molecule has 1 N–H and O–H groups in total. The molecule has 0 fully saturated rings. The van der Waals surface area contributed by atoms with E-state index in [0.717, 1.165) is 25.3 Å². The third kappa shape index (κ3) is 1.42. The Morgan fingerprint density at radius 1 is 1.64 bits per heavy atom. The van der Waals surface area contributed by atoms with Gasteiger partial charge in [0.05, 0.1) is 19.1 Å². The predicted octanol–water partition coefficient (Wildman–Crippen LogP) is 0.824. The standard InChI is InChI=1S/C8H10N2O/c1-4-11-6-7(1)5-8-9-2-3-10-8/h1,4,6H,2-3,5H2,(H,9,10). The first-order valence-corrected chi connectivity index (χ1v) is 3.73. The van der Waals surface area contributed by atoms with Crippen molar-refractivity contribution in [2.75, 3.05) is 13.1 Å². The van der Waals surface area contributed by atoms with Crippen LogP contribution in [0.25, 0.3) is 0 Å². The first-order valence-electron chi connectivity index (χ1n) is 3.73. The quantitative estimate of drug-likeness (QED) is 0.677. The maximum atomic E-state index is 4.94. The Morgan fingerprint density at radius 3 is 3.27 bits per heavy atom. The SMILES string of the molecule is c1cc(CC2=NCCN2)co1. The molecule has 1 aromatic heterocycles. The van der Waals surface area contributed by atoms with Crippen LogP contribution in [-0.4, -0.2) is 18.9 Å². The molecule has 0 unspecified atom stereocenters. The van der Waals surface area contributed by atoms with Crippen molar-refractivity contribution in [3.63, 3.8) is 0 Å². The Kier molecular flexibility index (Phi) is 1.63. The maximum Gasteiger partial charge on any atom is 0.101 e. The molecule has 3 nitrogen and oxygen atoms in total. The van der Waals surface area contributed by atoms with Crippen molar-refractivity contribution in [3.8, 4) is 0 Å². The minimum atomic E-state index is 0.872. The molecule has 0 spiro atoms. The highest BCUT2D eigenvalue weighted by Crippen LogP contribution is 2.02. The largest absolute Gasteiger partial charge is 0.472 e. The van der Waals surface area contributed by atoms with E-state index in [1.54, 1.807) is 12.5 Å². The van der Waals surface area contributed by atoms with Crippen molar-refractivity contribution >= 4 is 5.84 Å². The van der Waals surface area contributed by atoms with E-state index >= 15 is 0 Å². The van der Waals surface area contributed by atoms with Gasteiger partial charge in [-0.05, 0) is 11.6 Å². The topological polar surface area (TPSA) is 37.5 Å². The molecular formula is C8H10N2O. The van der Waals surface area contributed by atoms with Gasteiger partial charge in [0.25, 0.3) is 0 Å². The van der Waals surface area contributed by atoms with E-state index < -0.39 is 0 Å². The molecular weight excluding hydrogens is 140 g/mol. The van der Waals surface area contributed by atoms with Crippen molar-refractivity contribution in [3.05, 3.63) is 24.2 Å². The fourth-order valence-corrected chi connectivity index (χ4v) is 1.15. The van der Waals surface area contributed by atoms with E-state index in [2.05, 4.69) is 10.3 Å². The van der Waals surface area contributed by atoms with Crippen LogP contribution in [0.1, 0.15) is 5.56 Å². The van der Waals surface area contributed by atoms with Crippen LogP contribution in [0, 0.1) is 0 Å². The molecule has 1 aliphatic rings. The highest BCUT2D eigenvalue weighted by molar-refractivity contribution is 5.85. The van der Waals surface area contributed by atoms with Crippen LogP contribution in [0.2, 0.25) is 0 Å². The molecule has 0 saturated heterocycles. The van der Waals surface area contributed by atoms with E-state index in [1.807, 2.05) is 6.07 Å². The predicted molar refractivity (Wildman–Crippen MR) is 42.7 cm³/mol. The average Bonchev–Trinajstić information content (AvgIpc) is 2.60. The summed E-state index contributed by atoms with van der Waals surface area (Å²) in [5, 5.41) is 3.20. The van der Waals surface area contributed by atoms with Gasteiger partial charge in [-0.2, -0.15) is 0 Å². The van der Waals surface area contributed by atoms with Gasteiger partial charge in [-0.3, -0.25) is 4.99 Å². The zero-order chi connectivity index (χ0) is 7.52. The monoisotopic (exact) mass is 150 g/mol. The second-order valence-corrected chi connectivity index (χ2v) is 2.56. The lowest BCUT2D eigenvalue weighted by Crippen LogP contribution is -2.20. The molecule has 0 aromatic carbocycles. The first-order chi connectivity index (χ1) is 5.45. The van der Waals surface area contributed by atoms with Crippen LogP contribution in [0.3, 0.4) is 0 Å². The Labute approximate surface area is 65.1 Å². The normalized spacial score (nSPS) is 16.2. The summed E-state index contributed by atoms with van der Waals surface area (Å²) in [5.41, 5.74) is 1.18. The lowest BCUT2D eigenvalue weighted by Gasteiger charge is -1.97. The van der Waals surface area contributed by atoms with Crippen molar-refractivity contribution in [1.82, 2.24) is 5.32 Å². The molecule has 0 amide bonds. The molecule has 0 atom stereocenters. The van der Waals surface area contributed by atoms with Gasteiger partial charge in [0.2, 0.25) is 0 Å². The van der Waals surface area contributed by atoms with Gasteiger partial charge in [-0.1, -0.05) is 0 Å². The highest BCUT2D eigenvalue weighted by atomic mass is 16.3. The number of amidine groups is 1. The molecule has 0 radical (unpaired) electrons. The molecule has 3 heteroatoms. The summed E-state index contributed by atoms with van der Waals surface area (Å²) in [6.07, 6.45) is 4.31. The lowest BCUT2D eigenvalue weighted by atomic mass is 10.2. The van der Waals surface area contributed by atoms with Gasteiger partial charge in [-0.15, -0.1) is 0 Å². The summed E-state index contributed by atoms with van der Waals surface area (Å²) in [7, 11) is 0. The lowest BCUT2D eigenvalue weighted by molar-refractivity contribution is 0.565. The Bertz CT molecular complexity index is 251. The molecule has 1 aromatic rings. The van der Waals surface area contributed by atoms with Gasteiger partial charge in [-0.25, -0.2) is 0 Å². The molecule has 1 aliphatic heterocycles. The summed E-state index contributed by atoms with van der Waals surface area (Å²) in [5.74, 6) is 1.08. The minimum Gasteiger partial charge on any atom is -0.472 e. The van der Waals surface area contributed by atoms with E-state index in [9.17, 15) is 0 Å². The van der Waals surface area contributed by atoms with Crippen LogP contribution >= 0.6 is 0 Å². The van der Waals surface area contributed by atoms with E-state index in [1.165, 1.54) is 5.56 Å². The first kappa shape index (κ1) is 6.46. The number of nitrogens with zero attached hydrogens (tertiary/aromatic N) is 1. The second-order valence-electron chi connectivity index (χ2n) is 2.56. The Balaban J connectivity index is 2.00. The third-order valence-corrected chi connectivity index (χ3v) is 1.70. The minimum absolute atomic E-state index is 0.872. The number of nitrogens with one attached hydrogen (secondary N) is 1. The number of rotatable bonds is 2. The molecule has 0 aliphatic carbocycles. The van der Waals surface area contributed by atoms with Crippen molar-refractivity contribution in [1.29, 1.82) is 0 Å². The van der Waals surface area contributed by atoms with Crippen molar-refractivity contribution in [2.24, 2.45) is 4.99 Å². The second kappa shape index (κ2) is 2.78. The van der Waals surface area contributed by atoms with Crippen LogP contribution in [0.5, 0.6) is 0 Å². The fourth-order valence-electron chi connectivity index (χ4n) is 1.15. The van der Waals surface area contributed by atoms with E-state index in [4.69, 9.17) is 4.42 Å². The van der Waals surface area contributed by atoms with Gasteiger partial charge < -0.3 is 9.73 Å². The zero-order valence-electron chi connectivity index (χ0n) is 6.21. The Hall–Kier alpha value is -1.25. The summed E-state index contributed by atoms with van der Waals surface area (Å²) >= 11 is 0. The molecule has 11 heavy (non-hydrogen) atoms. The fraction of sp³-hybridized carbons (Fsp3) is 0.375. The molecule has 0 saturated carbocycles. The average molecular weight is 150 g/mol. The maximum absolute atomic E-state index is 4.94. The number of hydrogen-bond acceptors (Lipinski definition) is 3. The van der Waals surface area contributed by atoms with Gasteiger partial charge in [0, 0.05) is 13.0 Å². The van der Waals surface area contributed by atoms with Crippen LogP contribution in [-0.2, 0) is 6.42 Å². The van der Waals surface area contributed by atoms with Crippen LogP contribution < -0.4 is 5.32 Å². The Morgan fingerprint density at radius 2 is 2.64 bits per heavy atom. The van der Waals surface area contributed by atoms with Gasteiger partial charge in [0.1, 0.15) is 5.84 Å². The van der Waals surface area contributed by atoms with E-state index in [0.29, 0.717) is 0 Å². The number of aliphatic imine (C=N–C) groups is 1. The zero-order valence-corrected chi connectivity index (χ0v) is 6.21. The summed E-state index contributed by atoms with van der Waals surface area (Å²) in [6.45, 7) is 1.89. The molecule has 2 heterocycles. The smallest absolute Gasteiger partial charge is 0.101 e. The van der Waals surface area contributed by atoms with Gasteiger partial charge >= 0.3 is 0 Å². The van der Waals surface area contributed by atoms with Crippen LogP contribution in [0.15, 0.2) is 28.0 Å². The number of hydrogen-bond donors (Lipinski definition) is 1. The van der Waals surface area contributed by atoms with Crippen molar-refractivity contribution < 1.29 is 4.42 Å². The molecule has 0 bridgehead atoms. The highest BCUT2D eigenvalue weighted by Gasteiger charge is 2.05. The molecule has 2 rings (SSSR count). The van der Waals surface area contributed by atoms with E-state index in [-0.39, 0.29) is 0 Å². The third-order valence-electron chi connectivity index (χ3n) is 1.70.